The van der Waals surface area contributed by atoms with Gasteiger partial charge in [0.15, 0.2) is 0 Å². The summed E-state index contributed by atoms with van der Waals surface area (Å²) in [7, 11) is 0. The van der Waals surface area contributed by atoms with Crippen LogP contribution in [0.5, 0.6) is 0 Å². The molecule has 2 heterocycles. The lowest BCUT2D eigenvalue weighted by atomic mass is 9.94. The van der Waals surface area contributed by atoms with Crippen molar-refractivity contribution in [2.24, 2.45) is 0 Å². The van der Waals surface area contributed by atoms with Crippen molar-refractivity contribution in [2.45, 2.75) is 45.3 Å². The first kappa shape index (κ1) is 11.5. The van der Waals surface area contributed by atoms with E-state index < -0.39 is 5.60 Å². The number of aromatic nitrogens is 2. The van der Waals surface area contributed by atoms with Gasteiger partial charge in [-0.1, -0.05) is 6.92 Å². The zero-order valence-corrected chi connectivity index (χ0v) is 9.94. The number of aliphatic hydroxyl groups is 1. The van der Waals surface area contributed by atoms with Gasteiger partial charge in [-0.25, -0.2) is 0 Å². The molecule has 0 amide bonds. The van der Waals surface area contributed by atoms with Crippen molar-refractivity contribution in [1.82, 2.24) is 15.1 Å². The van der Waals surface area contributed by atoms with Crippen molar-refractivity contribution < 1.29 is 9.52 Å². The van der Waals surface area contributed by atoms with Gasteiger partial charge in [-0.05, 0) is 19.8 Å². The normalized spacial score (nSPS) is 21.2. The van der Waals surface area contributed by atoms with Crippen molar-refractivity contribution in [3.8, 4) is 0 Å². The number of hydrogen-bond acceptors (Lipinski definition) is 5. The van der Waals surface area contributed by atoms with E-state index in [1.165, 1.54) is 0 Å². The number of rotatable bonds is 3. The minimum Gasteiger partial charge on any atom is -0.424 e. The van der Waals surface area contributed by atoms with Crippen molar-refractivity contribution in [1.29, 1.82) is 0 Å². The molecule has 0 aromatic carbocycles. The molecule has 1 aliphatic heterocycles. The van der Waals surface area contributed by atoms with Gasteiger partial charge in [0, 0.05) is 19.5 Å². The molecule has 0 atom stereocenters. The van der Waals surface area contributed by atoms with E-state index in [0.29, 0.717) is 18.3 Å². The van der Waals surface area contributed by atoms with Crippen LogP contribution < -0.4 is 0 Å². The summed E-state index contributed by atoms with van der Waals surface area (Å²) < 4.78 is 5.46. The summed E-state index contributed by atoms with van der Waals surface area (Å²) in [6.07, 6.45) is 2.39. The van der Waals surface area contributed by atoms with Gasteiger partial charge in [-0.2, -0.15) is 0 Å². The quantitative estimate of drug-likeness (QED) is 0.830. The van der Waals surface area contributed by atoms with Crippen LogP contribution in [0.2, 0.25) is 0 Å². The van der Waals surface area contributed by atoms with E-state index in [1.54, 1.807) is 0 Å². The van der Waals surface area contributed by atoms with Crippen LogP contribution in [0.25, 0.3) is 0 Å². The average molecular weight is 225 g/mol. The zero-order chi connectivity index (χ0) is 11.6. The molecule has 5 nitrogen and oxygen atoms in total. The lowest BCUT2D eigenvalue weighted by Crippen LogP contribution is -2.42. The van der Waals surface area contributed by atoms with E-state index >= 15 is 0 Å². The number of piperidine rings is 1. The van der Waals surface area contributed by atoms with Crippen molar-refractivity contribution in [2.75, 3.05) is 13.1 Å². The average Bonchev–Trinajstić information content (AvgIpc) is 2.69. The summed E-state index contributed by atoms with van der Waals surface area (Å²) >= 11 is 0. The summed E-state index contributed by atoms with van der Waals surface area (Å²) in [4.78, 5) is 2.24. The Morgan fingerprint density at radius 2 is 1.94 bits per heavy atom. The fourth-order valence-corrected chi connectivity index (χ4v) is 1.88. The third kappa shape index (κ3) is 2.80. The summed E-state index contributed by atoms with van der Waals surface area (Å²) in [5, 5.41) is 17.8. The van der Waals surface area contributed by atoms with Crippen LogP contribution in [0, 0.1) is 0 Å². The van der Waals surface area contributed by atoms with Gasteiger partial charge in [-0.3, -0.25) is 4.90 Å². The maximum absolute atomic E-state index is 9.82. The Kier molecular flexibility index (Phi) is 3.25. The van der Waals surface area contributed by atoms with Crippen LogP contribution in [0.4, 0.5) is 0 Å². The molecule has 0 spiro atoms. The summed E-state index contributed by atoms with van der Waals surface area (Å²) in [6.45, 7) is 6.36. The SMILES string of the molecule is CCc1nnc(CN2CCC(C)(O)CC2)o1. The topological polar surface area (TPSA) is 62.4 Å². The summed E-state index contributed by atoms with van der Waals surface area (Å²) in [6, 6.07) is 0. The predicted octanol–water partition coefficient (Wildman–Crippen LogP) is 0.979. The van der Waals surface area contributed by atoms with Crippen LogP contribution in [-0.2, 0) is 13.0 Å². The standard InChI is InChI=1S/C11H19N3O2/c1-3-9-12-13-10(16-9)8-14-6-4-11(2,15)5-7-14/h15H,3-8H2,1-2H3. The molecule has 0 aliphatic carbocycles. The Balaban J connectivity index is 1.87. The molecule has 1 saturated heterocycles. The lowest BCUT2D eigenvalue weighted by Gasteiger charge is -2.34. The number of hydrogen-bond donors (Lipinski definition) is 1. The fourth-order valence-electron chi connectivity index (χ4n) is 1.88. The Bertz CT molecular complexity index is 339. The van der Waals surface area contributed by atoms with Crippen LogP contribution in [0.15, 0.2) is 4.42 Å². The van der Waals surface area contributed by atoms with Crippen molar-refractivity contribution >= 4 is 0 Å². The molecule has 2 rings (SSSR count). The van der Waals surface area contributed by atoms with Crippen LogP contribution in [-0.4, -0.2) is 38.9 Å². The maximum Gasteiger partial charge on any atom is 0.230 e. The minimum absolute atomic E-state index is 0.500. The van der Waals surface area contributed by atoms with E-state index in [0.717, 1.165) is 32.4 Å². The molecule has 1 aromatic heterocycles. The second-order valence-electron chi connectivity index (χ2n) is 4.72. The molecule has 0 radical (unpaired) electrons. The van der Waals surface area contributed by atoms with Gasteiger partial charge in [0.25, 0.3) is 0 Å². The molecule has 0 saturated carbocycles. The molecular weight excluding hydrogens is 206 g/mol. The second kappa shape index (κ2) is 4.51. The highest BCUT2D eigenvalue weighted by Gasteiger charge is 2.27. The molecular formula is C11H19N3O2. The fraction of sp³-hybridized carbons (Fsp3) is 0.818. The smallest absolute Gasteiger partial charge is 0.230 e. The third-order valence-corrected chi connectivity index (χ3v) is 3.10. The van der Waals surface area contributed by atoms with Crippen molar-refractivity contribution in [3.05, 3.63) is 11.8 Å². The molecule has 16 heavy (non-hydrogen) atoms. The minimum atomic E-state index is -0.500. The summed E-state index contributed by atoms with van der Waals surface area (Å²) in [5.41, 5.74) is -0.500. The highest BCUT2D eigenvalue weighted by atomic mass is 16.4. The van der Waals surface area contributed by atoms with Gasteiger partial charge < -0.3 is 9.52 Å². The Labute approximate surface area is 95.5 Å². The lowest BCUT2D eigenvalue weighted by molar-refractivity contribution is -0.00915. The molecule has 0 unspecified atom stereocenters. The molecule has 1 aromatic rings. The molecule has 90 valence electrons. The Hall–Kier alpha value is -0.940. The predicted molar refractivity (Wildman–Crippen MR) is 58.8 cm³/mol. The first-order chi connectivity index (χ1) is 7.59. The molecule has 1 N–H and O–H groups in total. The molecule has 5 heteroatoms. The highest BCUT2D eigenvalue weighted by Crippen LogP contribution is 2.22. The molecule has 1 aliphatic rings. The Morgan fingerprint density at radius 1 is 1.31 bits per heavy atom. The first-order valence-corrected chi connectivity index (χ1v) is 5.85. The largest absolute Gasteiger partial charge is 0.424 e. The second-order valence-corrected chi connectivity index (χ2v) is 4.72. The maximum atomic E-state index is 9.82. The van der Waals surface area contributed by atoms with Gasteiger partial charge >= 0.3 is 0 Å². The van der Waals surface area contributed by atoms with Crippen LogP contribution in [0.1, 0.15) is 38.5 Å². The number of likely N-dealkylation sites (tertiary alicyclic amines) is 1. The molecule has 1 fully saturated rings. The van der Waals surface area contributed by atoms with Gasteiger partial charge in [0.05, 0.1) is 12.1 Å². The van der Waals surface area contributed by atoms with E-state index in [-0.39, 0.29) is 0 Å². The number of aryl methyl sites for hydroxylation is 1. The number of nitrogens with zero attached hydrogens (tertiary/aromatic N) is 3. The highest BCUT2D eigenvalue weighted by molar-refractivity contribution is 4.86. The molecule has 0 bridgehead atoms. The van der Waals surface area contributed by atoms with Gasteiger partial charge in [-0.15, -0.1) is 10.2 Å². The van der Waals surface area contributed by atoms with Crippen molar-refractivity contribution in [3.63, 3.8) is 0 Å². The van der Waals surface area contributed by atoms with E-state index in [2.05, 4.69) is 15.1 Å². The van der Waals surface area contributed by atoms with Crippen LogP contribution >= 0.6 is 0 Å². The van der Waals surface area contributed by atoms with Gasteiger partial charge in [0.1, 0.15) is 0 Å². The van der Waals surface area contributed by atoms with E-state index in [4.69, 9.17) is 4.42 Å². The van der Waals surface area contributed by atoms with E-state index in [1.807, 2.05) is 13.8 Å². The zero-order valence-electron chi connectivity index (χ0n) is 9.94. The van der Waals surface area contributed by atoms with Gasteiger partial charge in [0.2, 0.25) is 11.8 Å². The summed E-state index contributed by atoms with van der Waals surface area (Å²) in [5.74, 6) is 1.37. The Morgan fingerprint density at radius 3 is 2.50 bits per heavy atom. The van der Waals surface area contributed by atoms with E-state index in [9.17, 15) is 5.11 Å². The monoisotopic (exact) mass is 225 g/mol. The third-order valence-electron chi connectivity index (χ3n) is 3.10. The van der Waals surface area contributed by atoms with Crippen LogP contribution in [0.3, 0.4) is 0 Å². The first-order valence-electron chi connectivity index (χ1n) is 5.85.